The van der Waals surface area contributed by atoms with E-state index in [1.54, 1.807) is 33.8 Å². The molecule has 2 N–H and O–H groups in total. The zero-order valence-electron chi connectivity index (χ0n) is 17.9. The molecule has 1 aromatic heterocycles. The van der Waals surface area contributed by atoms with Crippen LogP contribution in [-0.2, 0) is 16.1 Å². The molecule has 164 valence electrons. The Bertz CT molecular complexity index is 1120. The Kier molecular flexibility index (Phi) is 6.03. The summed E-state index contributed by atoms with van der Waals surface area (Å²) in [6, 6.07) is 5.91. The van der Waals surface area contributed by atoms with Gasteiger partial charge >= 0.3 is 5.97 Å². The number of nitrogens with two attached hydrogens (primary N) is 1. The molecule has 2 atom stereocenters. The summed E-state index contributed by atoms with van der Waals surface area (Å²) >= 11 is 0. The molecule has 0 bridgehead atoms. The van der Waals surface area contributed by atoms with Crippen LogP contribution >= 0.6 is 0 Å². The standard InChI is InChI=1S/C21H25N5O5/c1-5-31-20(28)16-12(2)24-15-10-23-25(11-21(3,4)22)19(27)18(15)17(16)13-7-6-8-14(9-13)26(29)30/h6-10,16-17H,5,11,22H2,1-4H3. The molecule has 0 spiro atoms. The minimum Gasteiger partial charge on any atom is -0.465 e. The van der Waals surface area contributed by atoms with E-state index < -0.39 is 33.8 Å². The molecule has 2 aromatic rings. The van der Waals surface area contributed by atoms with Gasteiger partial charge in [-0.1, -0.05) is 12.1 Å². The molecule has 0 saturated carbocycles. The van der Waals surface area contributed by atoms with Crippen LogP contribution in [0.3, 0.4) is 0 Å². The summed E-state index contributed by atoms with van der Waals surface area (Å²) in [5.41, 5.74) is 6.24. The van der Waals surface area contributed by atoms with Crippen molar-refractivity contribution in [3.63, 3.8) is 0 Å². The number of carbonyl (C=O) groups excluding carboxylic acids is 1. The van der Waals surface area contributed by atoms with E-state index in [2.05, 4.69) is 10.1 Å². The highest BCUT2D eigenvalue weighted by Crippen LogP contribution is 2.41. The lowest BCUT2D eigenvalue weighted by atomic mass is 9.76. The fraction of sp³-hybridized carbons (Fsp3) is 0.429. The summed E-state index contributed by atoms with van der Waals surface area (Å²) in [6.45, 7) is 7.18. The fourth-order valence-corrected chi connectivity index (χ4v) is 3.77. The van der Waals surface area contributed by atoms with Crippen molar-refractivity contribution in [2.75, 3.05) is 6.61 Å². The Balaban J connectivity index is 2.28. The van der Waals surface area contributed by atoms with E-state index in [0.717, 1.165) is 0 Å². The smallest absolute Gasteiger partial charge is 0.315 e. The second-order valence-electron chi connectivity index (χ2n) is 8.21. The predicted molar refractivity (Wildman–Crippen MR) is 115 cm³/mol. The largest absolute Gasteiger partial charge is 0.465 e. The first kappa shape index (κ1) is 22.3. The Morgan fingerprint density at radius 2 is 2.10 bits per heavy atom. The third-order valence-electron chi connectivity index (χ3n) is 4.99. The molecule has 10 nitrogen and oxygen atoms in total. The SMILES string of the molecule is CCOC(=O)C1C(C)=Nc2cnn(CC(C)(C)N)c(=O)c2C1c1cccc([N+](=O)[O-])c1. The summed E-state index contributed by atoms with van der Waals surface area (Å²) in [5, 5.41) is 15.5. The average Bonchev–Trinajstić information content (AvgIpc) is 2.68. The number of nitro benzene ring substituents is 1. The number of nitrogens with zero attached hydrogens (tertiary/aromatic N) is 4. The van der Waals surface area contributed by atoms with Crippen LogP contribution in [0.1, 0.15) is 44.7 Å². The number of carbonyl (C=O) groups is 1. The minimum atomic E-state index is -0.899. The molecule has 31 heavy (non-hydrogen) atoms. The topological polar surface area (TPSA) is 143 Å². The molecule has 1 aromatic carbocycles. The van der Waals surface area contributed by atoms with E-state index in [9.17, 15) is 19.7 Å². The zero-order chi connectivity index (χ0) is 22.9. The van der Waals surface area contributed by atoms with Crippen LogP contribution in [0.4, 0.5) is 11.4 Å². The highest BCUT2D eigenvalue weighted by atomic mass is 16.6. The van der Waals surface area contributed by atoms with E-state index in [1.807, 2.05) is 0 Å². The van der Waals surface area contributed by atoms with Crippen molar-refractivity contribution in [3.8, 4) is 0 Å². The molecule has 0 radical (unpaired) electrons. The summed E-state index contributed by atoms with van der Waals surface area (Å²) in [6.07, 6.45) is 1.46. The zero-order valence-corrected chi connectivity index (χ0v) is 17.9. The number of non-ortho nitro benzene ring substituents is 1. The lowest BCUT2D eigenvalue weighted by Gasteiger charge is -2.31. The van der Waals surface area contributed by atoms with Crippen molar-refractivity contribution < 1.29 is 14.5 Å². The number of ether oxygens (including phenoxy) is 1. The Morgan fingerprint density at radius 1 is 1.39 bits per heavy atom. The van der Waals surface area contributed by atoms with Crippen LogP contribution in [0, 0.1) is 16.0 Å². The molecule has 10 heteroatoms. The van der Waals surface area contributed by atoms with E-state index in [1.165, 1.54) is 29.1 Å². The van der Waals surface area contributed by atoms with E-state index >= 15 is 0 Å². The van der Waals surface area contributed by atoms with E-state index in [-0.39, 0.29) is 24.4 Å². The first-order chi connectivity index (χ1) is 14.5. The Hall–Kier alpha value is -3.40. The van der Waals surface area contributed by atoms with Gasteiger partial charge < -0.3 is 10.5 Å². The quantitative estimate of drug-likeness (QED) is 0.423. The van der Waals surface area contributed by atoms with Gasteiger partial charge in [0.15, 0.2) is 0 Å². The van der Waals surface area contributed by atoms with Crippen molar-refractivity contribution in [1.29, 1.82) is 0 Å². The lowest BCUT2D eigenvalue weighted by molar-refractivity contribution is -0.384. The molecular weight excluding hydrogens is 402 g/mol. The maximum absolute atomic E-state index is 13.4. The van der Waals surface area contributed by atoms with Crippen molar-refractivity contribution in [2.24, 2.45) is 16.6 Å². The van der Waals surface area contributed by atoms with Gasteiger partial charge in [-0.25, -0.2) is 4.68 Å². The highest BCUT2D eigenvalue weighted by molar-refractivity contribution is 6.05. The number of benzene rings is 1. The second kappa shape index (κ2) is 8.38. The Morgan fingerprint density at radius 3 is 2.71 bits per heavy atom. The van der Waals surface area contributed by atoms with Gasteiger partial charge in [0.25, 0.3) is 11.2 Å². The number of esters is 1. The monoisotopic (exact) mass is 427 g/mol. The summed E-state index contributed by atoms with van der Waals surface area (Å²) < 4.78 is 6.49. The number of aliphatic imine (C=N–C) groups is 1. The van der Waals surface area contributed by atoms with Crippen LogP contribution in [0.2, 0.25) is 0 Å². The number of nitro groups is 1. The number of hydrogen-bond acceptors (Lipinski definition) is 8. The van der Waals surface area contributed by atoms with Gasteiger partial charge in [0.2, 0.25) is 0 Å². The summed E-state index contributed by atoms with van der Waals surface area (Å²) in [7, 11) is 0. The maximum Gasteiger partial charge on any atom is 0.315 e. The fourth-order valence-electron chi connectivity index (χ4n) is 3.77. The van der Waals surface area contributed by atoms with Crippen molar-refractivity contribution in [1.82, 2.24) is 9.78 Å². The highest BCUT2D eigenvalue weighted by Gasteiger charge is 2.41. The van der Waals surface area contributed by atoms with Gasteiger partial charge in [0.05, 0.1) is 35.5 Å². The predicted octanol–water partition coefficient (Wildman–Crippen LogP) is 2.31. The van der Waals surface area contributed by atoms with Crippen molar-refractivity contribution >= 4 is 23.1 Å². The molecule has 2 unspecified atom stereocenters. The van der Waals surface area contributed by atoms with Gasteiger partial charge in [-0.3, -0.25) is 24.7 Å². The van der Waals surface area contributed by atoms with Crippen molar-refractivity contribution in [2.45, 2.75) is 45.7 Å². The molecule has 2 heterocycles. The third kappa shape index (κ3) is 4.53. The second-order valence-corrected chi connectivity index (χ2v) is 8.21. The first-order valence-electron chi connectivity index (χ1n) is 9.88. The molecule has 3 rings (SSSR count). The molecule has 0 saturated heterocycles. The van der Waals surface area contributed by atoms with Crippen LogP contribution < -0.4 is 11.3 Å². The Labute approximate surface area is 178 Å². The molecule has 0 fully saturated rings. The third-order valence-corrected chi connectivity index (χ3v) is 4.99. The molecule has 1 aliphatic rings. The van der Waals surface area contributed by atoms with Crippen LogP contribution in [0.5, 0.6) is 0 Å². The molecule has 0 amide bonds. The number of aromatic nitrogens is 2. The normalized spacial score (nSPS) is 18.2. The maximum atomic E-state index is 13.4. The molecule has 1 aliphatic heterocycles. The number of fused-ring (bicyclic) bond motifs is 1. The van der Waals surface area contributed by atoms with Crippen molar-refractivity contribution in [3.05, 3.63) is 62.1 Å². The average molecular weight is 427 g/mol. The minimum absolute atomic E-state index is 0.140. The van der Waals surface area contributed by atoms with Crippen LogP contribution in [0.25, 0.3) is 0 Å². The van der Waals surface area contributed by atoms with E-state index in [4.69, 9.17) is 10.5 Å². The first-order valence-corrected chi connectivity index (χ1v) is 9.88. The number of hydrogen-bond donors (Lipinski definition) is 1. The van der Waals surface area contributed by atoms with Crippen LogP contribution in [-0.4, -0.2) is 38.5 Å². The van der Waals surface area contributed by atoms with E-state index in [0.29, 0.717) is 17.0 Å². The van der Waals surface area contributed by atoms with Gasteiger partial charge in [-0.2, -0.15) is 5.10 Å². The lowest BCUT2D eigenvalue weighted by Crippen LogP contribution is -2.44. The van der Waals surface area contributed by atoms with Gasteiger partial charge in [0.1, 0.15) is 5.92 Å². The number of rotatable bonds is 6. The summed E-state index contributed by atoms with van der Waals surface area (Å²) in [4.78, 5) is 41.5. The van der Waals surface area contributed by atoms with Gasteiger partial charge in [0, 0.05) is 29.3 Å². The van der Waals surface area contributed by atoms with Gasteiger partial charge in [-0.05, 0) is 33.3 Å². The van der Waals surface area contributed by atoms with Gasteiger partial charge in [-0.15, -0.1) is 0 Å². The van der Waals surface area contributed by atoms with Crippen LogP contribution in [0.15, 0.2) is 40.2 Å². The molecular formula is C21H25N5O5. The molecule has 0 aliphatic carbocycles. The summed E-state index contributed by atoms with van der Waals surface area (Å²) in [5.74, 6) is -2.26.